The Morgan fingerprint density at radius 3 is 2.31 bits per heavy atom. The highest BCUT2D eigenvalue weighted by molar-refractivity contribution is 6.87. The van der Waals surface area contributed by atoms with E-state index in [1.165, 1.54) is 4.90 Å². The second-order valence-electron chi connectivity index (χ2n) is 12.4. The molecule has 0 bridgehead atoms. The lowest BCUT2D eigenvalue weighted by Crippen LogP contribution is -2.65. The van der Waals surface area contributed by atoms with Crippen molar-refractivity contribution in [2.45, 2.75) is 44.1 Å². The van der Waals surface area contributed by atoms with E-state index in [1.54, 1.807) is 14.1 Å². The van der Waals surface area contributed by atoms with Gasteiger partial charge in [0.25, 0.3) is 5.91 Å². The first-order valence-corrected chi connectivity index (χ1v) is 16.4. The molecule has 208 valence electrons. The summed E-state index contributed by atoms with van der Waals surface area (Å²) < 4.78 is 6.32. The Morgan fingerprint density at radius 2 is 1.77 bits per heavy atom. The van der Waals surface area contributed by atoms with Gasteiger partial charge in [0, 0.05) is 36.7 Å². The van der Waals surface area contributed by atoms with Crippen LogP contribution in [0.15, 0.2) is 33.5 Å². The number of rotatable bonds is 4. The summed E-state index contributed by atoms with van der Waals surface area (Å²) in [6.07, 6.45) is 0.454. The smallest absolute Gasteiger partial charge is 0.255 e. The third-order valence-corrected chi connectivity index (χ3v) is 10.2. The van der Waals surface area contributed by atoms with Gasteiger partial charge >= 0.3 is 0 Å². The number of benzene rings is 1. The molecular formula is C28H35N3O7Si. The van der Waals surface area contributed by atoms with E-state index in [4.69, 9.17) is 10.2 Å². The van der Waals surface area contributed by atoms with Gasteiger partial charge < -0.3 is 30.4 Å². The Morgan fingerprint density at radius 1 is 1.13 bits per heavy atom. The van der Waals surface area contributed by atoms with E-state index in [0.717, 1.165) is 22.0 Å². The zero-order chi connectivity index (χ0) is 28.9. The number of aliphatic hydroxyl groups is 3. The van der Waals surface area contributed by atoms with Gasteiger partial charge in [-0.25, -0.2) is 0 Å². The molecule has 1 fully saturated rings. The number of Topliss-reactive ketones (excluding diaryl/α,β-unsaturated/α-hetero) is 2. The predicted octanol–water partition coefficient (Wildman–Crippen LogP) is 1.62. The van der Waals surface area contributed by atoms with E-state index in [9.17, 15) is 29.7 Å². The summed E-state index contributed by atoms with van der Waals surface area (Å²) in [4.78, 5) is 43.0. The minimum atomic E-state index is -2.60. The predicted molar refractivity (Wildman–Crippen MR) is 150 cm³/mol. The molecule has 39 heavy (non-hydrogen) atoms. The number of fused-ring (bicyclic) bond motifs is 5. The Kier molecular flexibility index (Phi) is 5.95. The number of hydrogen-bond donors (Lipinski definition) is 4. The van der Waals surface area contributed by atoms with Gasteiger partial charge in [-0.05, 0) is 50.6 Å². The number of likely N-dealkylation sites (N-methyl/N-ethyl adjacent to an activating group) is 1. The van der Waals surface area contributed by atoms with Gasteiger partial charge in [0.2, 0.25) is 5.78 Å². The molecule has 10 nitrogen and oxygen atoms in total. The largest absolute Gasteiger partial charge is 0.508 e. The quantitative estimate of drug-likeness (QED) is 0.326. The zero-order valence-corrected chi connectivity index (χ0v) is 24.2. The van der Waals surface area contributed by atoms with Crippen LogP contribution < -0.4 is 16.0 Å². The molecule has 11 heteroatoms. The van der Waals surface area contributed by atoms with Gasteiger partial charge in [-0.1, -0.05) is 19.6 Å². The number of anilines is 1. The van der Waals surface area contributed by atoms with Crippen molar-refractivity contribution in [2.24, 2.45) is 17.6 Å². The molecule has 0 radical (unpaired) electrons. The molecule has 5 N–H and O–H groups in total. The topological polar surface area (TPSA) is 158 Å². The number of carbonyl (C=O) groups excluding carboxylic acids is 3. The van der Waals surface area contributed by atoms with Crippen LogP contribution in [0.4, 0.5) is 5.69 Å². The van der Waals surface area contributed by atoms with Crippen molar-refractivity contribution in [1.29, 1.82) is 0 Å². The van der Waals surface area contributed by atoms with Gasteiger partial charge in [-0.3, -0.25) is 19.3 Å². The standard InChI is InChI=1S/C28H35N3O7Si/c1-30(2)16-10-13-11-17(39(5,6)7)38-24(13)19-14(16)8-12-9-15-21(31(3)4)23(33)20(27(29)36)26(35)28(15,37)25(34)18(12)22(19)32/h10-12,15,21,32,35,37H,8-9H2,1-7H3,(H2,29,36)/t12?,15?,21-,28-/m0/s1. The van der Waals surface area contributed by atoms with E-state index in [0.29, 0.717) is 17.6 Å². The first-order chi connectivity index (χ1) is 18.0. The van der Waals surface area contributed by atoms with E-state index < -0.39 is 60.4 Å². The summed E-state index contributed by atoms with van der Waals surface area (Å²) in [6.45, 7) is 6.45. The number of hydrogen-bond acceptors (Lipinski definition) is 9. The lowest BCUT2D eigenvalue weighted by Gasteiger charge is -2.50. The fourth-order valence-electron chi connectivity index (χ4n) is 6.57. The Bertz CT molecular complexity index is 1530. The Labute approximate surface area is 227 Å². The minimum absolute atomic E-state index is 0.0494. The Balaban J connectivity index is 1.80. The van der Waals surface area contributed by atoms with Crippen LogP contribution in [0.1, 0.15) is 17.5 Å². The van der Waals surface area contributed by atoms with Crippen LogP contribution in [0.2, 0.25) is 19.6 Å². The molecule has 1 aromatic carbocycles. The summed E-state index contributed by atoms with van der Waals surface area (Å²) in [6, 6.07) is 2.91. The molecule has 0 aliphatic heterocycles. The molecule has 1 saturated carbocycles. The van der Waals surface area contributed by atoms with Crippen molar-refractivity contribution in [2.75, 3.05) is 33.1 Å². The van der Waals surface area contributed by atoms with Crippen LogP contribution >= 0.6 is 0 Å². The lowest BCUT2D eigenvalue weighted by atomic mass is 9.57. The third-order valence-electron chi connectivity index (χ3n) is 8.43. The third kappa shape index (κ3) is 3.63. The molecule has 3 aliphatic rings. The molecule has 3 aliphatic carbocycles. The maximum absolute atomic E-state index is 14.1. The number of primary amides is 1. The molecular weight excluding hydrogens is 518 g/mol. The number of nitrogens with two attached hydrogens (primary N) is 1. The fourth-order valence-corrected chi connectivity index (χ4v) is 7.56. The van der Waals surface area contributed by atoms with Crippen molar-refractivity contribution in [1.82, 2.24) is 4.90 Å². The summed E-state index contributed by atoms with van der Waals surface area (Å²) in [7, 11) is 5.13. The number of carbonyl (C=O) groups is 3. The van der Waals surface area contributed by atoms with E-state index in [-0.39, 0.29) is 17.8 Å². The van der Waals surface area contributed by atoms with Crippen LogP contribution in [0.25, 0.3) is 16.7 Å². The summed E-state index contributed by atoms with van der Waals surface area (Å²) in [5, 5.41) is 36.3. The molecule has 5 rings (SSSR count). The minimum Gasteiger partial charge on any atom is -0.508 e. The van der Waals surface area contributed by atoms with E-state index in [2.05, 4.69) is 19.6 Å². The van der Waals surface area contributed by atoms with Gasteiger partial charge in [0.05, 0.1) is 17.0 Å². The summed E-state index contributed by atoms with van der Waals surface area (Å²) in [5.41, 5.74) is 4.47. The van der Waals surface area contributed by atoms with Crippen molar-refractivity contribution in [3.63, 3.8) is 0 Å². The average molecular weight is 554 g/mol. The molecule has 4 atom stereocenters. The maximum Gasteiger partial charge on any atom is 0.255 e. The molecule has 0 saturated heterocycles. The van der Waals surface area contributed by atoms with Gasteiger partial charge in [0.15, 0.2) is 11.4 Å². The van der Waals surface area contributed by atoms with Gasteiger partial charge in [-0.2, -0.15) is 0 Å². The highest BCUT2D eigenvalue weighted by Crippen LogP contribution is 2.53. The first-order valence-electron chi connectivity index (χ1n) is 12.9. The van der Waals surface area contributed by atoms with Crippen molar-refractivity contribution in [3.05, 3.63) is 40.2 Å². The second-order valence-corrected chi connectivity index (χ2v) is 17.4. The molecule has 1 heterocycles. The van der Waals surface area contributed by atoms with Crippen molar-refractivity contribution >= 4 is 53.3 Å². The van der Waals surface area contributed by atoms with Crippen molar-refractivity contribution in [3.8, 4) is 0 Å². The van der Waals surface area contributed by atoms with Crippen molar-refractivity contribution < 1.29 is 34.1 Å². The van der Waals surface area contributed by atoms with Crippen LogP contribution in [0.3, 0.4) is 0 Å². The zero-order valence-electron chi connectivity index (χ0n) is 23.2. The number of aliphatic hydroxyl groups excluding tert-OH is 2. The highest BCUT2D eigenvalue weighted by Gasteiger charge is 2.64. The fraction of sp³-hybridized carbons (Fsp3) is 0.464. The normalized spacial score (nSPS) is 27.2. The number of furan rings is 1. The molecule has 2 unspecified atom stereocenters. The van der Waals surface area contributed by atoms with Crippen LogP contribution in [0, 0.1) is 11.8 Å². The SMILES string of the molecule is CN(C)c1cc2cc([Si](C)(C)C)oc2c2c1CC1CC3[C@H](N(C)C)C(=O)C(C(N)=O)=C(O)[C@@]3(O)C(=O)C1=C2O. The van der Waals surface area contributed by atoms with E-state index in [1.807, 2.05) is 31.1 Å². The molecule has 2 aromatic rings. The first kappa shape index (κ1) is 27.2. The highest BCUT2D eigenvalue weighted by atomic mass is 28.3. The van der Waals surface area contributed by atoms with Crippen LogP contribution in [0.5, 0.6) is 0 Å². The maximum atomic E-state index is 14.1. The Hall–Kier alpha value is -3.41. The van der Waals surface area contributed by atoms with Gasteiger partial charge in [0.1, 0.15) is 30.7 Å². The second kappa shape index (κ2) is 8.54. The number of ketones is 2. The summed E-state index contributed by atoms with van der Waals surface area (Å²) in [5.74, 6) is -5.90. The van der Waals surface area contributed by atoms with E-state index >= 15 is 0 Å². The molecule has 1 amide bonds. The number of nitrogens with zero attached hydrogens (tertiary/aromatic N) is 2. The van der Waals surface area contributed by atoms with Crippen LogP contribution in [-0.2, 0) is 20.8 Å². The van der Waals surface area contributed by atoms with Crippen LogP contribution in [-0.4, -0.2) is 85.6 Å². The average Bonchev–Trinajstić information content (AvgIpc) is 3.25. The molecule has 0 spiro atoms. The van der Waals surface area contributed by atoms with Gasteiger partial charge in [-0.15, -0.1) is 0 Å². The lowest BCUT2D eigenvalue weighted by molar-refractivity contribution is -0.153. The summed E-state index contributed by atoms with van der Waals surface area (Å²) >= 11 is 0. The number of amides is 1. The monoisotopic (exact) mass is 553 g/mol. The molecule has 1 aromatic heterocycles.